The van der Waals surface area contributed by atoms with E-state index >= 15 is 0 Å². The zero-order chi connectivity index (χ0) is 11.7. The highest BCUT2D eigenvalue weighted by Crippen LogP contribution is 2.06. The van der Waals surface area contributed by atoms with Crippen molar-refractivity contribution in [2.45, 2.75) is 33.2 Å². The lowest BCUT2D eigenvalue weighted by molar-refractivity contribution is 0.0969. The Kier molecular flexibility index (Phi) is 9.06. The number of methoxy groups -OCH3 is 1. The molecule has 0 spiro atoms. The van der Waals surface area contributed by atoms with E-state index in [0.717, 1.165) is 32.2 Å². The Morgan fingerprint density at radius 3 is 2.47 bits per heavy atom. The number of nitrogens with zero attached hydrogens (tertiary/aromatic N) is 1. The number of ether oxygens (including phenoxy) is 1. The Bertz CT molecular complexity index is 142. The van der Waals surface area contributed by atoms with E-state index in [-0.39, 0.29) is 0 Å². The van der Waals surface area contributed by atoms with Gasteiger partial charge in [-0.1, -0.05) is 27.2 Å². The molecule has 0 amide bonds. The van der Waals surface area contributed by atoms with Gasteiger partial charge in [-0.05, 0) is 19.5 Å². The number of likely N-dealkylation sites (N-methyl/N-ethyl adjacent to an activating group) is 2. The van der Waals surface area contributed by atoms with Crippen molar-refractivity contribution in [3.8, 4) is 0 Å². The average molecular weight is 216 g/mol. The van der Waals surface area contributed by atoms with Crippen LogP contribution in [0.1, 0.15) is 27.2 Å². The van der Waals surface area contributed by atoms with E-state index in [4.69, 9.17) is 4.74 Å². The molecule has 0 aromatic heterocycles. The molecule has 3 nitrogen and oxygen atoms in total. The van der Waals surface area contributed by atoms with Crippen LogP contribution in [0.15, 0.2) is 0 Å². The van der Waals surface area contributed by atoms with Crippen LogP contribution < -0.4 is 5.32 Å². The molecule has 0 aliphatic carbocycles. The maximum Gasteiger partial charge on any atom is 0.0630 e. The van der Waals surface area contributed by atoms with Gasteiger partial charge in [0.05, 0.1) is 6.61 Å². The lowest BCUT2D eigenvalue weighted by atomic mass is 10.1. The fourth-order valence-electron chi connectivity index (χ4n) is 1.62. The minimum absolute atomic E-state index is 0.490. The summed E-state index contributed by atoms with van der Waals surface area (Å²) in [6.45, 7) is 10.7. The molecular formula is C12H28N2O. The van der Waals surface area contributed by atoms with Crippen LogP contribution in [-0.2, 0) is 4.74 Å². The van der Waals surface area contributed by atoms with Gasteiger partial charge >= 0.3 is 0 Å². The van der Waals surface area contributed by atoms with Gasteiger partial charge in [0.2, 0.25) is 0 Å². The minimum Gasteiger partial charge on any atom is -0.383 e. The summed E-state index contributed by atoms with van der Waals surface area (Å²) in [5.41, 5.74) is 0. The summed E-state index contributed by atoms with van der Waals surface area (Å²) in [4.78, 5) is 2.40. The number of hydrogen-bond acceptors (Lipinski definition) is 3. The number of rotatable bonds is 9. The Balaban J connectivity index is 3.96. The summed E-state index contributed by atoms with van der Waals surface area (Å²) in [7, 11) is 3.96. The Morgan fingerprint density at radius 1 is 1.33 bits per heavy atom. The Morgan fingerprint density at radius 2 is 2.00 bits per heavy atom. The normalized spacial score (nSPS) is 15.6. The van der Waals surface area contributed by atoms with E-state index in [1.807, 2.05) is 0 Å². The van der Waals surface area contributed by atoms with Gasteiger partial charge in [0.1, 0.15) is 0 Å². The first kappa shape index (κ1) is 14.9. The zero-order valence-corrected chi connectivity index (χ0v) is 11.0. The van der Waals surface area contributed by atoms with E-state index in [2.05, 4.69) is 38.0 Å². The molecule has 1 N–H and O–H groups in total. The van der Waals surface area contributed by atoms with Crippen LogP contribution in [0.4, 0.5) is 0 Å². The third-order valence-corrected chi connectivity index (χ3v) is 2.91. The first-order chi connectivity index (χ1) is 7.15. The highest BCUT2D eigenvalue weighted by atomic mass is 16.5. The molecule has 15 heavy (non-hydrogen) atoms. The fraction of sp³-hybridized carbons (Fsp3) is 1.00. The van der Waals surface area contributed by atoms with Crippen molar-refractivity contribution in [2.24, 2.45) is 5.92 Å². The summed E-state index contributed by atoms with van der Waals surface area (Å²) in [5, 5.41) is 3.38. The highest BCUT2D eigenvalue weighted by molar-refractivity contribution is 4.72. The maximum absolute atomic E-state index is 5.26. The van der Waals surface area contributed by atoms with Crippen molar-refractivity contribution >= 4 is 0 Å². The second-order valence-electron chi connectivity index (χ2n) is 4.37. The summed E-state index contributed by atoms with van der Waals surface area (Å²) < 4.78 is 5.26. The van der Waals surface area contributed by atoms with E-state index < -0.39 is 0 Å². The van der Waals surface area contributed by atoms with Crippen molar-refractivity contribution in [3.63, 3.8) is 0 Å². The lowest BCUT2D eigenvalue weighted by Crippen LogP contribution is -2.44. The standard InChI is InChI=1S/C12H28N2O/c1-6-11(3)9-14(4)12(10-15-5)8-13-7-2/h11-13H,6-10H2,1-5H3. The van der Waals surface area contributed by atoms with Crippen LogP contribution in [0.3, 0.4) is 0 Å². The van der Waals surface area contributed by atoms with Gasteiger partial charge in [-0.25, -0.2) is 0 Å². The monoisotopic (exact) mass is 216 g/mol. The molecule has 2 unspecified atom stereocenters. The summed E-state index contributed by atoms with van der Waals surface area (Å²) in [5.74, 6) is 0.760. The van der Waals surface area contributed by atoms with Crippen molar-refractivity contribution in [1.82, 2.24) is 10.2 Å². The van der Waals surface area contributed by atoms with Gasteiger partial charge in [-0.15, -0.1) is 0 Å². The fourth-order valence-corrected chi connectivity index (χ4v) is 1.62. The summed E-state index contributed by atoms with van der Waals surface area (Å²) in [6, 6.07) is 0.490. The molecule has 0 heterocycles. The molecule has 0 fully saturated rings. The minimum atomic E-state index is 0.490. The van der Waals surface area contributed by atoms with Crippen LogP contribution >= 0.6 is 0 Å². The van der Waals surface area contributed by atoms with Crippen LogP contribution in [-0.4, -0.2) is 51.3 Å². The van der Waals surface area contributed by atoms with E-state index in [0.29, 0.717) is 6.04 Å². The third-order valence-electron chi connectivity index (χ3n) is 2.91. The number of hydrogen-bond donors (Lipinski definition) is 1. The second kappa shape index (κ2) is 9.13. The molecule has 0 saturated heterocycles. The van der Waals surface area contributed by atoms with E-state index in [9.17, 15) is 0 Å². The molecule has 3 heteroatoms. The molecule has 0 radical (unpaired) electrons. The topological polar surface area (TPSA) is 24.5 Å². The first-order valence-corrected chi connectivity index (χ1v) is 6.05. The molecule has 0 aliphatic rings. The zero-order valence-electron chi connectivity index (χ0n) is 11.0. The highest BCUT2D eigenvalue weighted by Gasteiger charge is 2.15. The molecule has 92 valence electrons. The van der Waals surface area contributed by atoms with Gasteiger partial charge in [-0.3, -0.25) is 4.90 Å². The van der Waals surface area contributed by atoms with Crippen LogP contribution in [0, 0.1) is 5.92 Å². The molecular weight excluding hydrogens is 188 g/mol. The quantitative estimate of drug-likeness (QED) is 0.633. The van der Waals surface area contributed by atoms with Crippen molar-refractivity contribution < 1.29 is 4.74 Å². The molecule has 0 bridgehead atoms. The summed E-state index contributed by atoms with van der Waals surface area (Å²) >= 11 is 0. The van der Waals surface area contributed by atoms with Crippen LogP contribution in [0.25, 0.3) is 0 Å². The predicted molar refractivity (Wildman–Crippen MR) is 66.3 cm³/mol. The maximum atomic E-state index is 5.26. The molecule has 2 atom stereocenters. The SMILES string of the molecule is CCNCC(COC)N(C)CC(C)CC. The van der Waals surface area contributed by atoms with Crippen LogP contribution in [0.2, 0.25) is 0 Å². The van der Waals surface area contributed by atoms with Gasteiger partial charge in [0.15, 0.2) is 0 Å². The molecule has 0 aliphatic heterocycles. The summed E-state index contributed by atoms with van der Waals surface area (Å²) in [6.07, 6.45) is 1.24. The lowest BCUT2D eigenvalue weighted by Gasteiger charge is -2.29. The Hall–Kier alpha value is -0.120. The van der Waals surface area contributed by atoms with Gasteiger partial charge < -0.3 is 10.1 Å². The molecule has 0 aromatic rings. The molecule has 0 rings (SSSR count). The second-order valence-corrected chi connectivity index (χ2v) is 4.37. The van der Waals surface area contributed by atoms with Gasteiger partial charge in [0, 0.05) is 26.2 Å². The predicted octanol–water partition coefficient (Wildman–Crippen LogP) is 1.59. The van der Waals surface area contributed by atoms with Gasteiger partial charge in [0.25, 0.3) is 0 Å². The molecule has 0 aromatic carbocycles. The van der Waals surface area contributed by atoms with Gasteiger partial charge in [-0.2, -0.15) is 0 Å². The first-order valence-electron chi connectivity index (χ1n) is 6.05. The van der Waals surface area contributed by atoms with E-state index in [1.165, 1.54) is 6.42 Å². The number of nitrogens with one attached hydrogen (secondary N) is 1. The van der Waals surface area contributed by atoms with E-state index in [1.54, 1.807) is 7.11 Å². The van der Waals surface area contributed by atoms with Crippen molar-refractivity contribution in [3.05, 3.63) is 0 Å². The van der Waals surface area contributed by atoms with Crippen molar-refractivity contribution in [1.29, 1.82) is 0 Å². The van der Waals surface area contributed by atoms with Crippen LogP contribution in [0.5, 0.6) is 0 Å². The Labute approximate surface area is 95.2 Å². The molecule has 0 saturated carbocycles. The largest absolute Gasteiger partial charge is 0.383 e. The average Bonchev–Trinajstić information content (AvgIpc) is 2.23. The smallest absolute Gasteiger partial charge is 0.0630 e. The van der Waals surface area contributed by atoms with Crippen molar-refractivity contribution in [2.75, 3.05) is 40.4 Å². The third kappa shape index (κ3) is 6.88.